The van der Waals surface area contributed by atoms with Gasteiger partial charge < -0.3 is 25.8 Å². The summed E-state index contributed by atoms with van der Waals surface area (Å²) in [6, 6.07) is 9.40. The van der Waals surface area contributed by atoms with Gasteiger partial charge in [0.15, 0.2) is 0 Å². The van der Waals surface area contributed by atoms with E-state index in [1.165, 1.54) is 42.5 Å². The Hall–Kier alpha value is -3.47. The molecule has 0 radical (unpaired) electrons. The number of hydrogen-bond donors (Lipinski definition) is 4. The van der Waals surface area contributed by atoms with Crippen molar-refractivity contribution in [2.45, 2.75) is 6.61 Å². The summed E-state index contributed by atoms with van der Waals surface area (Å²) in [6.45, 7) is -3.05. The molecule has 0 heterocycles. The molecule has 0 spiro atoms. The summed E-state index contributed by atoms with van der Waals surface area (Å²) < 4.78 is 28.5. The number of aliphatic hydroxyl groups is 1. The molecule has 0 aliphatic carbocycles. The first-order valence-electron chi connectivity index (χ1n) is 8.11. The van der Waals surface area contributed by atoms with E-state index < -0.39 is 17.4 Å². The zero-order valence-corrected chi connectivity index (χ0v) is 14.5. The molecule has 0 saturated carbocycles. The van der Waals surface area contributed by atoms with Gasteiger partial charge in [-0.05, 0) is 30.3 Å². The minimum absolute atomic E-state index is 0.0395. The van der Waals surface area contributed by atoms with Crippen LogP contribution in [0.1, 0.15) is 0 Å². The number of alkyl halides is 2. The van der Waals surface area contributed by atoms with Crippen molar-refractivity contribution < 1.29 is 28.3 Å². The van der Waals surface area contributed by atoms with Gasteiger partial charge in [-0.1, -0.05) is 0 Å². The SMILES string of the molecule is O=C(CNc1cc([N+](=O)[O-])ccc1NCCO)Nc1ccc(OC(F)F)cc1. The number of carbonyl (C=O) groups excluding carboxylic acids is 1. The van der Waals surface area contributed by atoms with Gasteiger partial charge in [-0.25, -0.2) is 0 Å². The lowest BCUT2D eigenvalue weighted by Crippen LogP contribution is -2.22. The first-order chi connectivity index (χ1) is 13.4. The van der Waals surface area contributed by atoms with Gasteiger partial charge in [0.2, 0.25) is 5.91 Å². The van der Waals surface area contributed by atoms with Crippen LogP contribution < -0.4 is 20.7 Å². The van der Waals surface area contributed by atoms with Crippen molar-refractivity contribution in [1.29, 1.82) is 0 Å². The van der Waals surface area contributed by atoms with Crippen molar-refractivity contribution in [2.24, 2.45) is 0 Å². The number of anilines is 3. The highest BCUT2D eigenvalue weighted by atomic mass is 19.3. The lowest BCUT2D eigenvalue weighted by Gasteiger charge is -2.13. The van der Waals surface area contributed by atoms with Crippen LogP contribution in [0.4, 0.5) is 31.5 Å². The molecule has 2 aromatic carbocycles. The van der Waals surface area contributed by atoms with Gasteiger partial charge in [-0.15, -0.1) is 0 Å². The Kier molecular flexibility index (Phi) is 7.45. The third-order valence-corrected chi connectivity index (χ3v) is 3.44. The minimum Gasteiger partial charge on any atom is -0.435 e. The number of halogens is 2. The molecule has 2 rings (SSSR count). The molecule has 2 aromatic rings. The van der Waals surface area contributed by atoms with Gasteiger partial charge in [0.05, 0.1) is 29.4 Å². The van der Waals surface area contributed by atoms with Crippen LogP contribution >= 0.6 is 0 Å². The summed E-state index contributed by atoms with van der Waals surface area (Å²) >= 11 is 0. The van der Waals surface area contributed by atoms with Crippen LogP contribution in [-0.2, 0) is 4.79 Å². The van der Waals surface area contributed by atoms with Crippen LogP contribution in [-0.4, -0.2) is 42.2 Å². The maximum atomic E-state index is 12.1. The number of nitrogens with zero attached hydrogens (tertiary/aromatic N) is 1. The van der Waals surface area contributed by atoms with E-state index in [1.54, 1.807) is 0 Å². The number of hydrogen-bond acceptors (Lipinski definition) is 7. The standard InChI is InChI=1S/C17H18F2N4O5/c18-17(19)28-13-4-1-11(2-5-13)22-16(25)10-21-15-9-12(23(26)27)3-6-14(15)20-7-8-24/h1-6,9,17,20-21,24H,7-8,10H2,(H,22,25). The smallest absolute Gasteiger partial charge is 0.387 e. The second-order valence-electron chi connectivity index (χ2n) is 5.44. The third kappa shape index (κ3) is 6.36. The van der Waals surface area contributed by atoms with Crippen molar-refractivity contribution >= 4 is 28.7 Å². The molecule has 28 heavy (non-hydrogen) atoms. The van der Waals surface area contributed by atoms with Gasteiger partial charge >= 0.3 is 6.61 Å². The summed E-state index contributed by atoms with van der Waals surface area (Å²) in [5, 5.41) is 28.1. The molecule has 0 saturated heterocycles. The summed E-state index contributed by atoms with van der Waals surface area (Å²) in [7, 11) is 0. The molecule has 150 valence electrons. The molecule has 0 atom stereocenters. The van der Waals surface area contributed by atoms with E-state index >= 15 is 0 Å². The van der Waals surface area contributed by atoms with Crippen molar-refractivity contribution in [3.8, 4) is 5.75 Å². The maximum Gasteiger partial charge on any atom is 0.387 e. The van der Waals surface area contributed by atoms with Crippen LogP contribution in [0.25, 0.3) is 0 Å². The Morgan fingerprint density at radius 1 is 1.14 bits per heavy atom. The molecular formula is C17H18F2N4O5. The van der Waals surface area contributed by atoms with Crippen LogP contribution in [0.2, 0.25) is 0 Å². The first kappa shape index (κ1) is 20.8. The van der Waals surface area contributed by atoms with E-state index in [2.05, 4.69) is 20.7 Å². The Balaban J connectivity index is 1.99. The number of benzene rings is 2. The minimum atomic E-state index is -2.94. The number of non-ortho nitro benzene ring substituents is 1. The molecule has 4 N–H and O–H groups in total. The van der Waals surface area contributed by atoms with Gasteiger partial charge in [0.25, 0.3) is 5.69 Å². The van der Waals surface area contributed by atoms with Gasteiger partial charge in [0, 0.05) is 24.4 Å². The molecule has 11 heteroatoms. The van der Waals surface area contributed by atoms with Crippen LogP contribution in [0, 0.1) is 10.1 Å². The Morgan fingerprint density at radius 2 is 1.86 bits per heavy atom. The Labute approximate surface area is 158 Å². The fraction of sp³-hybridized carbons (Fsp3) is 0.235. The number of nitro groups is 1. The largest absolute Gasteiger partial charge is 0.435 e. The number of rotatable bonds is 10. The molecular weight excluding hydrogens is 378 g/mol. The van der Waals surface area contributed by atoms with E-state index in [1.807, 2.05) is 0 Å². The number of amides is 1. The Bertz CT molecular complexity index is 818. The fourth-order valence-electron chi connectivity index (χ4n) is 2.24. The average Bonchev–Trinajstić information content (AvgIpc) is 2.66. The van der Waals surface area contributed by atoms with E-state index in [4.69, 9.17) is 5.11 Å². The van der Waals surface area contributed by atoms with Gasteiger partial charge in [-0.2, -0.15) is 8.78 Å². The predicted molar refractivity (Wildman–Crippen MR) is 98.9 cm³/mol. The summed E-state index contributed by atoms with van der Waals surface area (Å²) in [6.07, 6.45) is 0. The average molecular weight is 396 g/mol. The highest BCUT2D eigenvalue weighted by Gasteiger charge is 2.12. The van der Waals surface area contributed by atoms with Crippen LogP contribution in [0.15, 0.2) is 42.5 Å². The highest BCUT2D eigenvalue weighted by molar-refractivity contribution is 5.94. The topological polar surface area (TPSA) is 126 Å². The van der Waals surface area contributed by atoms with Crippen molar-refractivity contribution in [1.82, 2.24) is 0 Å². The van der Waals surface area contributed by atoms with E-state index in [-0.39, 0.29) is 31.1 Å². The summed E-state index contributed by atoms with van der Waals surface area (Å²) in [5.41, 5.74) is 1.01. The van der Waals surface area contributed by atoms with Crippen LogP contribution in [0.5, 0.6) is 5.75 Å². The summed E-state index contributed by atoms with van der Waals surface area (Å²) in [5.74, 6) is -0.496. The van der Waals surface area contributed by atoms with E-state index in [0.29, 0.717) is 17.1 Å². The second kappa shape index (κ2) is 10.0. The maximum absolute atomic E-state index is 12.1. The number of nitro benzene ring substituents is 1. The molecule has 0 unspecified atom stereocenters. The van der Waals surface area contributed by atoms with Gasteiger partial charge in [-0.3, -0.25) is 14.9 Å². The van der Waals surface area contributed by atoms with Crippen molar-refractivity contribution in [3.63, 3.8) is 0 Å². The number of nitrogens with one attached hydrogen (secondary N) is 3. The van der Waals surface area contributed by atoms with E-state index in [0.717, 1.165) is 0 Å². The molecule has 0 fully saturated rings. The lowest BCUT2D eigenvalue weighted by molar-refractivity contribution is -0.384. The first-order valence-corrected chi connectivity index (χ1v) is 8.11. The summed E-state index contributed by atoms with van der Waals surface area (Å²) in [4.78, 5) is 22.4. The fourth-order valence-corrected chi connectivity index (χ4v) is 2.24. The van der Waals surface area contributed by atoms with E-state index in [9.17, 15) is 23.7 Å². The molecule has 1 amide bonds. The van der Waals surface area contributed by atoms with Crippen molar-refractivity contribution in [2.75, 3.05) is 35.6 Å². The lowest BCUT2D eigenvalue weighted by atomic mass is 10.2. The Morgan fingerprint density at radius 3 is 2.46 bits per heavy atom. The molecule has 9 nitrogen and oxygen atoms in total. The predicted octanol–water partition coefficient (Wildman–Crippen LogP) is 2.65. The van der Waals surface area contributed by atoms with Crippen molar-refractivity contribution in [3.05, 3.63) is 52.6 Å². The van der Waals surface area contributed by atoms with Gasteiger partial charge in [0.1, 0.15) is 5.75 Å². The molecule has 0 aromatic heterocycles. The monoisotopic (exact) mass is 396 g/mol. The number of carbonyl (C=O) groups is 1. The normalized spacial score (nSPS) is 10.4. The third-order valence-electron chi connectivity index (χ3n) is 3.44. The zero-order chi connectivity index (χ0) is 20.5. The molecule has 0 aliphatic rings. The highest BCUT2D eigenvalue weighted by Crippen LogP contribution is 2.27. The second-order valence-corrected chi connectivity index (χ2v) is 5.44. The quantitative estimate of drug-likeness (QED) is 0.359. The molecule has 0 aliphatic heterocycles. The zero-order valence-electron chi connectivity index (χ0n) is 14.5. The van der Waals surface area contributed by atoms with Crippen LogP contribution in [0.3, 0.4) is 0 Å². The molecule has 0 bridgehead atoms. The number of aliphatic hydroxyl groups excluding tert-OH is 1. The number of ether oxygens (including phenoxy) is 1.